The third-order valence-electron chi connectivity index (χ3n) is 4.14. The molecule has 0 heterocycles. The van der Waals surface area contributed by atoms with Crippen LogP contribution in [-0.2, 0) is 19.7 Å². The van der Waals surface area contributed by atoms with E-state index in [2.05, 4.69) is 0 Å². The first kappa shape index (κ1) is 17.7. The largest absolute Gasteiger partial charge is 0.468 e. The summed E-state index contributed by atoms with van der Waals surface area (Å²) in [7, 11) is 1.32. The Morgan fingerprint density at radius 3 is 2.12 bits per heavy atom. The summed E-state index contributed by atoms with van der Waals surface area (Å²) in [4.78, 5) is 26.5. The second kappa shape index (κ2) is 7.30. The van der Waals surface area contributed by atoms with Crippen LogP contribution in [0.5, 0.6) is 0 Å². The van der Waals surface area contributed by atoms with Crippen LogP contribution in [0.3, 0.4) is 0 Å². The van der Waals surface area contributed by atoms with Crippen LogP contribution < -0.4 is 4.90 Å². The molecular weight excluding hydrogens is 302 g/mol. The van der Waals surface area contributed by atoms with Gasteiger partial charge < -0.3 is 9.64 Å². The second-order valence-corrected chi connectivity index (χ2v) is 6.29. The highest BCUT2D eigenvalue weighted by Gasteiger charge is 2.35. The summed E-state index contributed by atoms with van der Waals surface area (Å²) in [5.41, 5.74) is 1.91. The minimum atomic E-state index is -0.764. The van der Waals surface area contributed by atoms with Crippen LogP contribution in [0.4, 0.5) is 5.69 Å². The molecule has 126 valence electrons. The third-order valence-corrected chi connectivity index (χ3v) is 4.14. The van der Waals surface area contributed by atoms with Gasteiger partial charge >= 0.3 is 5.97 Å². The molecule has 2 rings (SSSR count). The van der Waals surface area contributed by atoms with Crippen molar-refractivity contribution in [3.05, 3.63) is 65.7 Å². The van der Waals surface area contributed by atoms with Gasteiger partial charge in [-0.15, -0.1) is 0 Å². The molecule has 1 amide bonds. The van der Waals surface area contributed by atoms with Gasteiger partial charge in [0.15, 0.2) is 0 Å². The minimum absolute atomic E-state index is 0.116. The van der Waals surface area contributed by atoms with Gasteiger partial charge in [0.05, 0.1) is 12.5 Å². The van der Waals surface area contributed by atoms with Crippen molar-refractivity contribution in [2.75, 3.05) is 18.6 Å². The first-order chi connectivity index (χ1) is 11.4. The van der Waals surface area contributed by atoms with Crippen molar-refractivity contribution in [2.24, 2.45) is 0 Å². The molecule has 0 unspecified atom stereocenters. The third kappa shape index (κ3) is 3.82. The number of esters is 1. The zero-order valence-electron chi connectivity index (χ0n) is 14.6. The fourth-order valence-corrected chi connectivity index (χ4v) is 2.51. The monoisotopic (exact) mass is 325 g/mol. The molecule has 4 nitrogen and oxygen atoms in total. The summed E-state index contributed by atoms with van der Waals surface area (Å²) >= 11 is 0. The average Bonchev–Trinajstić information content (AvgIpc) is 2.60. The van der Waals surface area contributed by atoms with Crippen molar-refractivity contribution >= 4 is 17.6 Å². The van der Waals surface area contributed by atoms with Gasteiger partial charge in [-0.2, -0.15) is 0 Å². The highest BCUT2D eigenvalue weighted by molar-refractivity contribution is 6.03. The molecule has 0 bridgehead atoms. The van der Waals surface area contributed by atoms with Gasteiger partial charge in [-0.1, -0.05) is 48.0 Å². The van der Waals surface area contributed by atoms with Crippen molar-refractivity contribution in [3.8, 4) is 0 Å². The standard InChI is InChI=1S/C20H23NO3/c1-15-10-12-17(13-11-15)21(14-18(22)24-4)19(23)20(2,3)16-8-6-5-7-9-16/h5-13H,14H2,1-4H3. The Bertz CT molecular complexity index is 705. The smallest absolute Gasteiger partial charge is 0.325 e. The van der Waals surface area contributed by atoms with E-state index in [1.54, 1.807) is 0 Å². The molecule has 0 aliphatic carbocycles. The number of methoxy groups -OCH3 is 1. The van der Waals surface area contributed by atoms with Crippen LogP contribution in [0.1, 0.15) is 25.0 Å². The lowest BCUT2D eigenvalue weighted by atomic mass is 9.83. The number of hydrogen-bond donors (Lipinski definition) is 0. The fourth-order valence-electron chi connectivity index (χ4n) is 2.51. The molecule has 0 saturated carbocycles. The summed E-state index contributed by atoms with van der Waals surface area (Å²) in [6, 6.07) is 17.1. The highest BCUT2D eigenvalue weighted by Crippen LogP contribution is 2.28. The number of ether oxygens (including phenoxy) is 1. The number of benzene rings is 2. The summed E-state index contributed by atoms with van der Waals surface area (Å²) < 4.78 is 4.76. The predicted octanol–water partition coefficient (Wildman–Crippen LogP) is 3.48. The highest BCUT2D eigenvalue weighted by atomic mass is 16.5. The van der Waals surface area contributed by atoms with E-state index in [1.807, 2.05) is 75.4 Å². The van der Waals surface area contributed by atoms with E-state index in [-0.39, 0.29) is 12.5 Å². The van der Waals surface area contributed by atoms with Gasteiger partial charge in [0, 0.05) is 5.69 Å². The summed E-state index contributed by atoms with van der Waals surface area (Å²) in [5, 5.41) is 0. The minimum Gasteiger partial charge on any atom is -0.468 e. The van der Waals surface area contributed by atoms with Crippen molar-refractivity contribution in [3.63, 3.8) is 0 Å². The lowest BCUT2D eigenvalue weighted by Crippen LogP contribution is -2.46. The molecule has 0 radical (unpaired) electrons. The Hall–Kier alpha value is -2.62. The maximum Gasteiger partial charge on any atom is 0.325 e. The molecule has 0 fully saturated rings. The maximum absolute atomic E-state index is 13.2. The Kier molecular flexibility index (Phi) is 5.39. The molecule has 24 heavy (non-hydrogen) atoms. The van der Waals surface area contributed by atoms with Crippen LogP contribution in [0.15, 0.2) is 54.6 Å². The van der Waals surface area contributed by atoms with Gasteiger partial charge in [0.25, 0.3) is 0 Å². The predicted molar refractivity (Wildman–Crippen MR) is 95.0 cm³/mol. The van der Waals surface area contributed by atoms with E-state index < -0.39 is 11.4 Å². The van der Waals surface area contributed by atoms with E-state index in [9.17, 15) is 9.59 Å². The number of nitrogens with zero attached hydrogens (tertiary/aromatic N) is 1. The van der Waals surface area contributed by atoms with Crippen LogP contribution in [0.25, 0.3) is 0 Å². The molecule has 0 aliphatic rings. The van der Waals surface area contributed by atoms with E-state index in [1.165, 1.54) is 12.0 Å². The zero-order valence-corrected chi connectivity index (χ0v) is 14.6. The number of anilines is 1. The van der Waals surface area contributed by atoms with Crippen LogP contribution in [0.2, 0.25) is 0 Å². The Morgan fingerprint density at radius 2 is 1.58 bits per heavy atom. The Balaban J connectivity index is 2.40. The second-order valence-electron chi connectivity index (χ2n) is 6.29. The van der Waals surface area contributed by atoms with E-state index in [4.69, 9.17) is 4.74 Å². The molecule has 0 N–H and O–H groups in total. The molecule has 0 aliphatic heterocycles. The maximum atomic E-state index is 13.2. The normalized spacial score (nSPS) is 11.0. The molecule has 4 heteroatoms. The van der Waals surface area contributed by atoms with Crippen molar-refractivity contribution in [2.45, 2.75) is 26.2 Å². The number of carbonyl (C=O) groups is 2. The fraction of sp³-hybridized carbons (Fsp3) is 0.300. The van der Waals surface area contributed by atoms with Gasteiger partial charge in [-0.05, 0) is 38.5 Å². The summed E-state index contributed by atoms with van der Waals surface area (Å²) in [5.74, 6) is -0.601. The van der Waals surface area contributed by atoms with Gasteiger partial charge in [-0.25, -0.2) is 0 Å². The quantitative estimate of drug-likeness (QED) is 0.791. The number of aryl methyl sites for hydroxylation is 1. The van der Waals surface area contributed by atoms with Crippen molar-refractivity contribution in [1.82, 2.24) is 0 Å². The molecule has 0 spiro atoms. The molecule has 2 aromatic rings. The lowest BCUT2D eigenvalue weighted by Gasteiger charge is -2.32. The van der Waals surface area contributed by atoms with Gasteiger partial charge in [-0.3, -0.25) is 9.59 Å². The molecular formula is C20H23NO3. The number of hydrogen-bond acceptors (Lipinski definition) is 3. The van der Waals surface area contributed by atoms with Gasteiger partial charge in [0.2, 0.25) is 5.91 Å². The Morgan fingerprint density at radius 1 is 1.00 bits per heavy atom. The topological polar surface area (TPSA) is 46.6 Å². The molecule has 2 aromatic carbocycles. The first-order valence-electron chi connectivity index (χ1n) is 7.87. The number of amides is 1. The SMILES string of the molecule is COC(=O)CN(C(=O)C(C)(C)c1ccccc1)c1ccc(C)cc1. The molecule has 0 saturated heterocycles. The van der Waals surface area contributed by atoms with Crippen molar-refractivity contribution < 1.29 is 14.3 Å². The molecule has 0 atom stereocenters. The van der Waals surface area contributed by atoms with Crippen LogP contribution in [-0.4, -0.2) is 25.5 Å². The zero-order chi connectivity index (χ0) is 17.7. The number of carbonyl (C=O) groups excluding carboxylic acids is 2. The molecule has 0 aromatic heterocycles. The van der Waals surface area contributed by atoms with Gasteiger partial charge in [0.1, 0.15) is 6.54 Å². The lowest BCUT2D eigenvalue weighted by molar-refractivity contribution is -0.140. The average molecular weight is 325 g/mol. The Labute approximate surface area is 143 Å². The van der Waals surface area contributed by atoms with E-state index in [0.29, 0.717) is 5.69 Å². The first-order valence-corrected chi connectivity index (χ1v) is 7.87. The van der Waals surface area contributed by atoms with Crippen LogP contribution >= 0.6 is 0 Å². The summed E-state index contributed by atoms with van der Waals surface area (Å²) in [6.45, 7) is 5.59. The van der Waals surface area contributed by atoms with Crippen LogP contribution in [0, 0.1) is 6.92 Å². The van der Waals surface area contributed by atoms with E-state index >= 15 is 0 Å². The van der Waals surface area contributed by atoms with Crippen molar-refractivity contribution in [1.29, 1.82) is 0 Å². The number of rotatable bonds is 5. The summed E-state index contributed by atoms with van der Waals surface area (Å²) in [6.07, 6.45) is 0. The van der Waals surface area contributed by atoms with E-state index in [0.717, 1.165) is 11.1 Å².